The Hall–Kier alpha value is -3.82. The molecule has 0 saturated carbocycles. The number of rotatable bonds is 3. The number of pyridine rings is 2. The molecular formula is C20H21N7O3. The Morgan fingerprint density at radius 3 is 2.80 bits per heavy atom. The smallest absolute Gasteiger partial charge is 0.313 e. The van der Waals surface area contributed by atoms with Gasteiger partial charge < -0.3 is 16.0 Å². The van der Waals surface area contributed by atoms with E-state index in [9.17, 15) is 14.4 Å². The molecule has 2 unspecified atom stereocenters. The minimum atomic E-state index is -0.796. The molecule has 0 radical (unpaired) electrons. The number of piperidine rings is 1. The number of carbonyl (C=O) groups excluding carboxylic acids is 3. The Morgan fingerprint density at radius 1 is 1.17 bits per heavy atom. The molecule has 10 nitrogen and oxygen atoms in total. The first-order valence-corrected chi connectivity index (χ1v) is 9.58. The summed E-state index contributed by atoms with van der Waals surface area (Å²) < 4.78 is 0. The van der Waals surface area contributed by atoms with Gasteiger partial charge in [-0.05, 0) is 36.5 Å². The number of aromatic amines is 1. The van der Waals surface area contributed by atoms with E-state index in [0.717, 1.165) is 23.8 Å². The van der Waals surface area contributed by atoms with E-state index in [1.165, 1.54) is 18.5 Å². The topological polar surface area (TPSA) is 147 Å². The van der Waals surface area contributed by atoms with Gasteiger partial charge in [-0.25, -0.2) is 4.98 Å². The molecule has 3 amide bonds. The van der Waals surface area contributed by atoms with E-state index in [4.69, 9.17) is 5.73 Å². The Balaban J connectivity index is 1.56. The summed E-state index contributed by atoms with van der Waals surface area (Å²) in [6.07, 6.45) is 7.69. The molecular weight excluding hydrogens is 386 g/mol. The van der Waals surface area contributed by atoms with E-state index in [-0.39, 0.29) is 23.2 Å². The fourth-order valence-corrected chi connectivity index (χ4v) is 3.72. The lowest BCUT2D eigenvalue weighted by Gasteiger charge is -2.38. The van der Waals surface area contributed by atoms with Gasteiger partial charge in [-0.15, -0.1) is 0 Å². The number of nitrogens with zero attached hydrogens (tertiary/aromatic N) is 4. The predicted molar refractivity (Wildman–Crippen MR) is 108 cm³/mol. The van der Waals surface area contributed by atoms with Crippen molar-refractivity contribution in [3.8, 4) is 0 Å². The van der Waals surface area contributed by atoms with Gasteiger partial charge in [0.25, 0.3) is 0 Å². The maximum absolute atomic E-state index is 13.0. The second-order valence-electron chi connectivity index (χ2n) is 7.51. The van der Waals surface area contributed by atoms with E-state index in [1.807, 2.05) is 13.0 Å². The molecule has 4 rings (SSSR count). The molecule has 3 aromatic heterocycles. The van der Waals surface area contributed by atoms with E-state index < -0.39 is 17.7 Å². The maximum Gasteiger partial charge on any atom is 0.313 e. The molecule has 4 N–H and O–H groups in total. The van der Waals surface area contributed by atoms with Gasteiger partial charge in [0.15, 0.2) is 5.65 Å². The summed E-state index contributed by atoms with van der Waals surface area (Å²) in [7, 11) is 0. The van der Waals surface area contributed by atoms with Crippen LogP contribution in [0.5, 0.6) is 0 Å². The fourth-order valence-electron chi connectivity index (χ4n) is 3.72. The van der Waals surface area contributed by atoms with Gasteiger partial charge in [-0.1, -0.05) is 6.92 Å². The average molecular weight is 407 g/mol. The number of hydrogen-bond acceptors (Lipinski definition) is 6. The second kappa shape index (κ2) is 7.90. The number of carbonyl (C=O) groups is 3. The molecule has 1 aliphatic heterocycles. The van der Waals surface area contributed by atoms with Gasteiger partial charge in [0.2, 0.25) is 5.91 Å². The standard InChI is InChI=1S/C20H21N7O3/c1-11-2-3-16(12-4-14-8-24-26-18(14)23-7-12)27(10-11)20(30)19(29)25-15-5-13(17(21)28)6-22-9-15/h4-9,11,16H,2-3,10H2,1H3,(H2,21,28)(H,25,29)(H,23,24,26). The lowest BCUT2D eigenvalue weighted by Crippen LogP contribution is -2.46. The zero-order valence-electron chi connectivity index (χ0n) is 16.3. The van der Waals surface area contributed by atoms with Crippen molar-refractivity contribution in [2.75, 3.05) is 11.9 Å². The van der Waals surface area contributed by atoms with Crippen molar-refractivity contribution in [1.29, 1.82) is 0 Å². The largest absolute Gasteiger partial charge is 0.366 e. The molecule has 30 heavy (non-hydrogen) atoms. The number of likely N-dealkylation sites (tertiary alicyclic amines) is 1. The van der Waals surface area contributed by atoms with Crippen molar-refractivity contribution in [2.24, 2.45) is 11.7 Å². The van der Waals surface area contributed by atoms with Crippen LogP contribution in [-0.2, 0) is 9.59 Å². The minimum Gasteiger partial charge on any atom is -0.366 e. The van der Waals surface area contributed by atoms with Crippen molar-refractivity contribution >= 4 is 34.4 Å². The van der Waals surface area contributed by atoms with Crippen LogP contribution in [-0.4, -0.2) is 49.3 Å². The molecule has 4 heterocycles. The fraction of sp³-hybridized carbons (Fsp3) is 0.300. The summed E-state index contributed by atoms with van der Waals surface area (Å²) in [4.78, 5) is 46.8. The number of fused-ring (bicyclic) bond motifs is 1. The van der Waals surface area contributed by atoms with E-state index in [0.29, 0.717) is 12.2 Å². The molecule has 0 bridgehead atoms. The second-order valence-corrected chi connectivity index (χ2v) is 7.51. The van der Waals surface area contributed by atoms with Crippen LogP contribution in [0.25, 0.3) is 11.0 Å². The van der Waals surface area contributed by atoms with Crippen molar-refractivity contribution in [1.82, 2.24) is 25.1 Å². The monoisotopic (exact) mass is 407 g/mol. The molecule has 1 saturated heterocycles. The summed E-state index contributed by atoms with van der Waals surface area (Å²) in [5, 5.41) is 10.1. The van der Waals surface area contributed by atoms with Gasteiger partial charge in [-0.3, -0.25) is 24.5 Å². The third-order valence-electron chi connectivity index (χ3n) is 5.25. The molecule has 154 valence electrons. The van der Waals surface area contributed by atoms with Crippen LogP contribution in [0.1, 0.15) is 41.7 Å². The Bertz CT molecular complexity index is 1130. The highest BCUT2D eigenvalue weighted by Gasteiger charge is 2.34. The van der Waals surface area contributed by atoms with Crippen LogP contribution in [0, 0.1) is 5.92 Å². The van der Waals surface area contributed by atoms with Crippen molar-refractivity contribution in [3.05, 3.63) is 48.0 Å². The third-order valence-corrected chi connectivity index (χ3v) is 5.25. The Labute approximate surface area is 171 Å². The van der Waals surface area contributed by atoms with Crippen molar-refractivity contribution < 1.29 is 14.4 Å². The van der Waals surface area contributed by atoms with Crippen molar-refractivity contribution in [2.45, 2.75) is 25.8 Å². The highest BCUT2D eigenvalue weighted by molar-refractivity contribution is 6.39. The SMILES string of the molecule is CC1CCC(c2cnc3[nH]ncc3c2)N(C(=O)C(=O)Nc2cncc(C(N)=O)c2)C1. The summed E-state index contributed by atoms with van der Waals surface area (Å²) in [5.41, 5.74) is 7.14. The quantitative estimate of drug-likeness (QED) is 0.559. The summed E-state index contributed by atoms with van der Waals surface area (Å²) >= 11 is 0. The highest BCUT2D eigenvalue weighted by Crippen LogP contribution is 2.34. The zero-order valence-corrected chi connectivity index (χ0v) is 16.3. The van der Waals surface area contributed by atoms with E-state index >= 15 is 0 Å². The van der Waals surface area contributed by atoms with E-state index in [1.54, 1.807) is 17.3 Å². The molecule has 10 heteroatoms. The molecule has 1 aliphatic rings. The van der Waals surface area contributed by atoms with Crippen molar-refractivity contribution in [3.63, 3.8) is 0 Å². The van der Waals surface area contributed by atoms with Crippen LogP contribution in [0.3, 0.4) is 0 Å². The maximum atomic E-state index is 13.0. The van der Waals surface area contributed by atoms with Gasteiger partial charge in [0, 0.05) is 24.3 Å². The average Bonchev–Trinajstić information content (AvgIpc) is 3.21. The lowest BCUT2D eigenvalue weighted by atomic mass is 9.90. The van der Waals surface area contributed by atoms with Crippen LogP contribution >= 0.6 is 0 Å². The van der Waals surface area contributed by atoms with Gasteiger partial charge in [0.05, 0.1) is 29.7 Å². The molecule has 0 aliphatic carbocycles. The van der Waals surface area contributed by atoms with Crippen LogP contribution in [0.15, 0.2) is 36.9 Å². The van der Waals surface area contributed by atoms with Crippen LogP contribution in [0.4, 0.5) is 5.69 Å². The number of hydrogen-bond donors (Lipinski definition) is 3. The zero-order chi connectivity index (χ0) is 21.3. The first-order valence-electron chi connectivity index (χ1n) is 9.58. The van der Waals surface area contributed by atoms with Gasteiger partial charge >= 0.3 is 11.8 Å². The van der Waals surface area contributed by atoms with Gasteiger partial charge in [0.1, 0.15) is 0 Å². The Morgan fingerprint density at radius 2 is 2.00 bits per heavy atom. The number of nitrogens with one attached hydrogen (secondary N) is 2. The number of H-pyrrole nitrogens is 1. The summed E-state index contributed by atoms with van der Waals surface area (Å²) in [5.74, 6) is -1.85. The number of aromatic nitrogens is 4. The van der Waals surface area contributed by atoms with Crippen LogP contribution in [0.2, 0.25) is 0 Å². The first-order chi connectivity index (χ1) is 14.4. The number of anilines is 1. The highest BCUT2D eigenvalue weighted by atomic mass is 16.2. The van der Waals surface area contributed by atoms with Gasteiger partial charge in [-0.2, -0.15) is 5.10 Å². The van der Waals surface area contributed by atoms with E-state index in [2.05, 4.69) is 25.5 Å². The molecule has 0 aromatic carbocycles. The number of amides is 3. The third kappa shape index (κ3) is 3.84. The lowest BCUT2D eigenvalue weighted by molar-refractivity contribution is -0.146. The molecule has 2 atom stereocenters. The van der Waals surface area contributed by atoms with Crippen LogP contribution < -0.4 is 11.1 Å². The number of primary amides is 1. The molecule has 1 fully saturated rings. The normalized spacial score (nSPS) is 18.9. The summed E-state index contributed by atoms with van der Waals surface area (Å²) in [6.45, 7) is 2.51. The Kier molecular flexibility index (Phi) is 5.13. The minimum absolute atomic E-state index is 0.143. The number of nitrogens with two attached hydrogens (primary N) is 1. The first kappa shape index (κ1) is 19.5. The predicted octanol–water partition coefficient (Wildman–Crippen LogP) is 1.39. The summed E-state index contributed by atoms with van der Waals surface area (Å²) in [6, 6.07) is 3.06. The molecule has 0 spiro atoms. The molecule has 3 aromatic rings.